The van der Waals surface area contributed by atoms with Crippen LogP contribution in [-0.2, 0) is 17.7 Å². The van der Waals surface area contributed by atoms with Crippen LogP contribution in [0.3, 0.4) is 0 Å². The van der Waals surface area contributed by atoms with Gasteiger partial charge in [0.2, 0.25) is 0 Å². The van der Waals surface area contributed by atoms with E-state index in [2.05, 4.69) is 39.9 Å². The number of ether oxygens (including phenoxy) is 1. The van der Waals surface area contributed by atoms with E-state index in [-0.39, 0.29) is 5.97 Å². The molecule has 0 atom stereocenters. The van der Waals surface area contributed by atoms with Gasteiger partial charge in [-0.05, 0) is 43.0 Å². The first kappa shape index (κ1) is 19.5. The number of carbonyl (C=O) groups is 1. The Balaban J connectivity index is 1.82. The Labute approximate surface area is 155 Å². The number of nitrogens with one attached hydrogen (secondary N) is 2. The van der Waals surface area contributed by atoms with Crippen molar-refractivity contribution in [3.05, 3.63) is 71.3 Å². The highest BCUT2D eigenvalue weighted by Crippen LogP contribution is 2.07. The Bertz CT molecular complexity index is 697. The molecule has 0 aliphatic carbocycles. The largest absolute Gasteiger partial charge is 0.465 e. The zero-order valence-corrected chi connectivity index (χ0v) is 15.5. The van der Waals surface area contributed by atoms with Crippen LogP contribution in [0, 0.1) is 0 Å². The molecule has 0 radical (unpaired) electrons. The molecule has 0 spiro atoms. The number of aryl methyl sites for hydroxylation is 1. The van der Waals surface area contributed by atoms with E-state index in [0.29, 0.717) is 12.1 Å². The average Bonchev–Trinajstić information content (AvgIpc) is 2.70. The molecule has 26 heavy (non-hydrogen) atoms. The molecule has 0 aromatic heterocycles. The fourth-order valence-electron chi connectivity index (χ4n) is 2.52. The van der Waals surface area contributed by atoms with Crippen LogP contribution < -0.4 is 10.6 Å². The van der Waals surface area contributed by atoms with Gasteiger partial charge in [-0.25, -0.2) is 9.79 Å². The van der Waals surface area contributed by atoms with Crippen LogP contribution in [0.5, 0.6) is 0 Å². The van der Waals surface area contributed by atoms with Crippen LogP contribution in [0.1, 0.15) is 34.8 Å². The second-order valence-corrected chi connectivity index (χ2v) is 5.90. The molecule has 0 unspecified atom stereocenters. The quantitative estimate of drug-likeness (QED) is 0.331. The molecular formula is C21H27N3O2. The summed E-state index contributed by atoms with van der Waals surface area (Å²) in [5, 5.41) is 6.62. The minimum Gasteiger partial charge on any atom is -0.465 e. The zero-order valence-electron chi connectivity index (χ0n) is 15.5. The number of hydrogen-bond acceptors (Lipinski definition) is 3. The first-order valence-electron chi connectivity index (χ1n) is 8.96. The molecule has 0 saturated heterocycles. The molecule has 2 N–H and O–H groups in total. The van der Waals surface area contributed by atoms with Crippen molar-refractivity contribution in [1.29, 1.82) is 0 Å². The lowest BCUT2D eigenvalue weighted by molar-refractivity contribution is 0.0600. The van der Waals surface area contributed by atoms with Gasteiger partial charge in [-0.2, -0.15) is 0 Å². The van der Waals surface area contributed by atoms with Gasteiger partial charge in [-0.15, -0.1) is 0 Å². The van der Waals surface area contributed by atoms with Crippen molar-refractivity contribution in [2.45, 2.75) is 26.3 Å². The fraction of sp³-hybridized carbons (Fsp3) is 0.333. The zero-order chi connectivity index (χ0) is 18.6. The van der Waals surface area contributed by atoms with E-state index in [9.17, 15) is 4.79 Å². The Morgan fingerprint density at radius 1 is 1.00 bits per heavy atom. The van der Waals surface area contributed by atoms with E-state index in [4.69, 9.17) is 4.74 Å². The van der Waals surface area contributed by atoms with Gasteiger partial charge in [0, 0.05) is 13.1 Å². The molecule has 5 nitrogen and oxygen atoms in total. The molecule has 0 heterocycles. The summed E-state index contributed by atoms with van der Waals surface area (Å²) < 4.78 is 4.71. The molecule has 0 aliphatic heterocycles. The third-order valence-electron chi connectivity index (χ3n) is 3.92. The van der Waals surface area contributed by atoms with E-state index >= 15 is 0 Å². The van der Waals surface area contributed by atoms with Crippen molar-refractivity contribution >= 4 is 11.9 Å². The number of benzene rings is 2. The van der Waals surface area contributed by atoms with Gasteiger partial charge < -0.3 is 15.4 Å². The van der Waals surface area contributed by atoms with E-state index < -0.39 is 0 Å². The Hall–Kier alpha value is -2.82. The lowest BCUT2D eigenvalue weighted by atomic mass is 10.1. The summed E-state index contributed by atoms with van der Waals surface area (Å²) in [6.07, 6.45) is 2.09. The van der Waals surface area contributed by atoms with Crippen molar-refractivity contribution in [1.82, 2.24) is 10.6 Å². The molecule has 0 bridgehead atoms. The normalized spacial score (nSPS) is 11.1. The van der Waals surface area contributed by atoms with Gasteiger partial charge in [0.15, 0.2) is 5.96 Å². The van der Waals surface area contributed by atoms with Gasteiger partial charge >= 0.3 is 5.97 Å². The number of esters is 1. The summed E-state index contributed by atoms with van der Waals surface area (Å²) in [6, 6.07) is 17.8. The molecule has 0 amide bonds. The van der Waals surface area contributed by atoms with Crippen molar-refractivity contribution in [3.8, 4) is 0 Å². The van der Waals surface area contributed by atoms with Crippen LogP contribution in [0.25, 0.3) is 0 Å². The minimum atomic E-state index is -0.325. The van der Waals surface area contributed by atoms with Crippen LogP contribution in [0.4, 0.5) is 0 Å². The van der Waals surface area contributed by atoms with Gasteiger partial charge in [0.1, 0.15) is 0 Å². The summed E-state index contributed by atoms with van der Waals surface area (Å²) >= 11 is 0. The maximum atomic E-state index is 11.5. The number of hydrogen-bond donors (Lipinski definition) is 2. The number of aliphatic imine (C=N–C) groups is 1. The van der Waals surface area contributed by atoms with E-state index in [0.717, 1.165) is 37.5 Å². The van der Waals surface area contributed by atoms with Crippen molar-refractivity contribution in [2.24, 2.45) is 4.99 Å². The number of guanidine groups is 1. The van der Waals surface area contributed by atoms with Crippen LogP contribution in [0.2, 0.25) is 0 Å². The third kappa shape index (κ3) is 6.59. The summed E-state index contributed by atoms with van der Waals surface area (Å²) in [5.41, 5.74) is 2.94. The van der Waals surface area contributed by atoms with E-state index in [1.54, 1.807) is 12.1 Å². The highest BCUT2D eigenvalue weighted by molar-refractivity contribution is 5.89. The first-order valence-corrected chi connectivity index (χ1v) is 8.96. The molecule has 2 aromatic carbocycles. The standard InChI is InChI=1S/C21H27N3O2/c1-3-22-21(23-15-7-10-17-8-5-4-6-9-17)24-16-18-11-13-19(14-12-18)20(25)26-2/h4-6,8-9,11-14H,3,7,10,15-16H2,1-2H3,(H2,22,23,24). The number of methoxy groups -OCH3 is 1. The van der Waals surface area contributed by atoms with Crippen LogP contribution in [-0.4, -0.2) is 32.1 Å². The summed E-state index contributed by atoms with van der Waals surface area (Å²) in [6.45, 7) is 4.27. The SMILES string of the molecule is CCNC(=NCc1ccc(C(=O)OC)cc1)NCCCc1ccccc1. The maximum Gasteiger partial charge on any atom is 0.337 e. The van der Waals surface area contributed by atoms with Gasteiger partial charge in [-0.3, -0.25) is 0 Å². The van der Waals surface area contributed by atoms with Gasteiger partial charge in [0.05, 0.1) is 19.2 Å². The van der Waals surface area contributed by atoms with Gasteiger partial charge in [0.25, 0.3) is 0 Å². The monoisotopic (exact) mass is 353 g/mol. The molecule has 0 fully saturated rings. The number of rotatable bonds is 8. The number of nitrogens with zero attached hydrogens (tertiary/aromatic N) is 1. The molecule has 2 rings (SSSR count). The average molecular weight is 353 g/mol. The molecule has 5 heteroatoms. The van der Waals surface area contributed by atoms with E-state index in [1.807, 2.05) is 25.1 Å². The molecule has 2 aromatic rings. The summed E-state index contributed by atoms with van der Waals surface area (Å²) in [5.74, 6) is 0.478. The Kier molecular flexibility index (Phi) is 8.19. The number of carbonyl (C=O) groups excluding carboxylic acids is 1. The summed E-state index contributed by atoms with van der Waals surface area (Å²) in [7, 11) is 1.38. The van der Waals surface area contributed by atoms with Crippen molar-refractivity contribution < 1.29 is 9.53 Å². The first-order chi connectivity index (χ1) is 12.7. The lowest BCUT2D eigenvalue weighted by Gasteiger charge is -2.11. The smallest absolute Gasteiger partial charge is 0.337 e. The summed E-state index contributed by atoms with van der Waals surface area (Å²) in [4.78, 5) is 16.1. The van der Waals surface area contributed by atoms with Crippen LogP contribution in [0.15, 0.2) is 59.6 Å². The van der Waals surface area contributed by atoms with Crippen molar-refractivity contribution in [3.63, 3.8) is 0 Å². The second-order valence-electron chi connectivity index (χ2n) is 5.90. The minimum absolute atomic E-state index is 0.325. The second kappa shape index (κ2) is 10.9. The predicted octanol–water partition coefficient (Wildman–Crippen LogP) is 3.16. The third-order valence-corrected chi connectivity index (χ3v) is 3.92. The Morgan fingerprint density at radius 2 is 1.73 bits per heavy atom. The predicted molar refractivity (Wildman–Crippen MR) is 105 cm³/mol. The van der Waals surface area contributed by atoms with Gasteiger partial charge in [-0.1, -0.05) is 42.5 Å². The topological polar surface area (TPSA) is 62.7 Å². The fourth-order valence-corrected chi connectivity index (χ4v) is 2.52. The highest BCUT2D eigenvalue weighted by atomic mass is 16.5. The Morgan fingerprint density at radius 3 is 2.38 bits per heavy atom. The lowest BCUT2D eigenvalue weighted by Crippen LogP contribution is -2.37. The van der Waals surface area contributed by atoms with E-state index in [1.165, 1.54) is 12.7 Å². The van der Waals surface area contributed by atoms with Crippen molar-refractivity contribution in [2.75, 3.05) is 20.2 Å². The molecule has 0 saturated carbocycles. The maximum absolute atomic E-state index is 11.5. The molecule has 0 aliphatic rings. The molecule has 138 valence electrons. The molecular weight excluding hydrogens is 326 g/mol. The highest BCUT2D eigenvalue weighted by Gasteiger charge is 2.04. The van der Waals surface area contributed by atoms with Crippen LogP contribution >= 0.6 is 0 Å².